The van der Waals surface area contributed by atoms with Gasteiger partial charge in [0.15, 0.2) is 15.2 Å². The number of benzene rings is 1. The molecule has 0 unspecified atom stereocenters. The van der Waals surface area contributed by atoms with Gasteiger partial charge < -0.3 is 10.4 Å². The van der Waals surface area contributed by atoms with Gasteiger partial charge in [-0.1, -0.05) is 53.3 Å². The van der Waals surface area contributed by atoms with Gasteiger partial charge in [-0.25, -0.2) is 9.78 Å². The molecule has 2 N–H and O–H groups in total. The van der Waals surface area contributed by atoms with Crippen LogP contribution in [0.5, 0.6) is 0 Å². The van der Waals surface area contributed by atoms with E-state index < -0.39 is 5.97 Å². The molecule has 0 spiro atoms. The third-order valence-electron chi connectivity index (χ3n) is 2.07. The molecule has 0 radical (unpaired) electrons. The second-order valence-corrected chi connectivity index (χ2v) is 4.64. The van der Waals surface area contributed by atoms with Crippen molar-refractivity contribution < 1.29 is 9.90 Å². The molecule has 88 valence electrons. The molecule has 0 amide bonds. The first kappa shape index (κ1) is 11.9. The molecular formula is C11H9ClN2O2S. The Balaban J connectivity index is 2.05. The van der Waals surface area contributed by atoms with Gasteiger partial charge in [0.05, 0.1) is 0 Å². The highest BCUT2D eigenvalue weighted by atomic mass is 35.5. The number of thiazole rings is 1. The van der Waals surface area contributed by atoms with Crippen molar-refractivity contribution in [1.82, 2.24) is 4.98 Å². The molecule has 4 nitrogen and oxygen atoms in total. The van der Waals surface area contributed by atoms with Crippen molar-refractivity contribution in [2.45, 2.75) is 6.54 Å². The van der Waals surface area contributed by atoms with Gasteiger partial charge in [0.2, 0.25) is 0 Å². The molecule has 0 fully saturated rings. The summed E-state index contributed by atoms with van der Waals surface area (Å²) in [4.78, 5) is 14.8. The summed E-state index contributed by atoms with van der Waals surface area (Å²) in [5, 5.41) is 12.4. The molecule has 0 bridgehead atoms. The van der Waals surface area contributed by atoms with Gasteiger partial charge in [-0.3, -0.25) is 0 Å². The van der Waals surface area contributed by atoms with Gasteiger partial charge in [0, 0.05) is 6.54 Å². The predicted molar refractivity (Wildman–Crippen MR) is 67.9 cm³/mol. The molecule has 17 heavy (non-hydrogen) atoms. The van der Waals surface area contributed by atoms with E-state index >= 15 is 0 Å². The molecule has 0 saturated carbocycles. The van der Waals surface area contributed by atoms with E-state index in [9.17, 15) is 4.79 Å². The van der Waals surface area contributed by atoms with Crippen molar-refractivity contribution in [1.29, 1.82) is 0 Å². The summed E-state index contributed by atoms with van der Waals surface area (Å²) in [5.41, 5.74) is 1.09. The highest BCUT2D eigenvalue weighted by Crippen LogP contribution is 2.26. The van der Waals surface area contributed by atoms with E-state index in [4.69, 9.17) is 16.7 Å². The van der Waals surface area contributed by atoms with E-state index in [2.05, 4.69) is 10.3 Å². The van der Waals surface area contributed by atoms with Crippen LogP contribution in [-0.2, 0) is 6.54 Å². The molecule has 0 saturated heterocycles. The number of rotatable bonds is 4. The average Bonchev–Trinajstić information content (AvgIpc) is 2.69. The van der Waals surface area contributed by atoms with Crippen LogP contribution in [0, 0.1) is 0 Å². The quantitative estimate of drug-likeness (QED) is 0.894. The Morgan fingerprint density at radius 2 is 2.12 bits per heavy atom. The fraction of sp³-hybridized carbons (Fsp3) is 0.0909. The van der Waals surface area contributed by atoms with Crippen LogP contribution >= 0.6 is 22.9 Å². The zero-order valence-electron chi connectivity index (χ0n) is 8.68. The summed E-state index contributed by atoms with van der Waals surface area (Å²) in [6, 6.07) is 9.76. The van der Waals surface area contributed by atoms with E-state index in [-0.39, 0.29) is 10.0 Å². The van der Waals surface area contributed by atoms with Crippen molar-refractivity contribution in [3.63, 3.8) is 0 Å². The highest BCUT2D eigenvalue weighted by Gasteiger charge is 2.15. The summed E-state index contributed by atoms with van der Waals surface area (Å²) >= 11 is 6.73. The number of carbonyl (C=O) groups is 1. The number of nitrogens with zero attached hydrogens (tertiary/aromatic N) is 1. The lowest BCUT2D eigenvalue weighted by molar-refractivity contribution is 0.0702. The molecule has 0 aliphatic rings. The lowest BCUT2D eigenvalue weighted by Gasteiger charge is -2.01. The predicted octanol–water partition coefficient (Wildman–Crippen LogP) is 3.11. The highest BCUT2D eigenvalue weighted by molar-refractivity contribution is 7.17. The number of aromatic nitrogens is 1. The summed E-state index contributed by atoms with van der Waals surface area (Å²) in [7, 11) is 0. The van der Waals surface area contributed by atoms with Crippen LogP contribution in [0.25, 0.3) is 0 Å². The minimum atomic E-state index is -1.06. The normalized spacial score (nSPS) is 10.2. The van der Waals surface area contributed by atoms with Crippen LogP contribution < -0.4 is 5.32 Å². The zero-order valence-corrected chi connectivity index (χ0v) is 10.3. The number of hydrogen-bond acceptors (Lipinski definition) is 4. The molecule has 2 rings (SSSR count). The van der Waals surface area contributed by atoms with Gasteiger partial charge in [-0.05, 0) is 5.56 Å². The van der Waals surface area contributed by atoms with Crippen LogP contribution in [0.1, 0.15) is 15.2 Å². The number of nitrogens with one attached hydrogen (secondary N) is 1. The Morgan fingerprint density at radius 3 is 2.71 bits per heavy atom. The van der Waals surface area contributed by atoms with Gasteiger partial charge in [0.25, 0.3) is 0 Å². The zero-order chi connectivity index (χ0) is 12.3. The second-order valence-electron chi connectivity index (χ2n) is 3.28. The Labute approximate surface area is 107 Å². The van der Waals surface area contributed by atoms with E-state index in [1.807, 2.05) is 30.3 Å². The molecule has 1 aromatic heterocycles. The SMILES string of the molecule is O=C(O)c1sc(NCc2ccccc2)nc1Cl. The maximum atomic E-state index is 10.8. The number of carboxylic acid groups (broad SMARTS) is 1. The number of hydrogen-bond donors (Lipinski definition) is 2. The van der Waals surface area contributed by atoms with E-state index in [0.717, 1.165) is 16.9 Å². The van der Waals surface area contributed by atoms with Gasteiger partial charge in [-0.15, -0.1) is 0 Å². The molecule has 1 heterocycles. The van der Waals surface area contributed by atoms with Crippen LogP contribution in [0.3, 0.4) is 0 Å². The number of carboxylic acids is 1. The Bertz CT molecular complexity index is 528. The lowest BCUT2D eigenvalue weighted by Crippen LogP contribution is -1.97. The summed E-state index contributed by atoms with van der Waals surface area (Å²) in [5.74, 6) is -1.06. The lowest BCUT2D eigenvalue weighted by atomic mass is 10.2. The molecule has 6 heteroatoms. The molecule has 2 aromatic rings. The maximum absolute atomic E-state index is 10.8. The van der Waals surface area contributed by atoms with E-state index in [0.29, 0.717) is 11.7 Å². The third kappa shape index (κ3) is 2.95. The molecular weight excluding hydrogens is 260 g/mol. The average molecular weight is 269 g/mol. The Hall–Kier alpha value is -1.59. The summed E-state index contributed by atoms with van der Waals surface area (Å²) in [6.45, 7) is 0.587. The standard InChI is InChI=1S/C11H9ClN2O2S/c12-9-8(10(15)16)17-11(14-9)13-6-7-4-2-1-3-5-7/h1-5H,6H2,(H,13,14)(H,15,16). The number of halogens is 1. The minimum absolute atomic E-state index is 0.0260. The van der Waals surface area contributed by atoms with Crippen LogP contribution in [0.15, 0.2) is 30.3 Å². The van der Waals surface area contributed by atoms with Crippen molar-refractivity contribution in [3.05, 3.63) is 45.9 Å². The van der Waals surface area contributed by atoms with Crippen molar-refractivity contribution >= 4 is 34.0 Å². The Kier molecular flexibility index (Phi) is 3.61. The third-order valence-corrected chi connectivity index (χ3v) is 3.45. The Morgan fingerprint density at radius 1 is 1.41 bits per heavy atom. The van der Waals surface area contributed by atoms with Crippen LogP contribution in [0.4, 0.5) is 5.13 Å². The largest absolute Gasteiger partial charge is 0.477 e. The van der Waals surface area contributed by atoms with Crippen LogP contribution in [-0.4, -0.2) is 16.1 Å². The second kappa shape index (κ2) is 5.16. The van der Waals surface area contributed by atoms with E-state index in [1.54, 1.807) is 0 Å². The topological polar surface area (TPSA) is 62.2 Å². The maximum Gasteiger partial charge on any atom is 0.349 e. The fourth-order valence-electron chi connectivity index (χ4n) is 1.28. The molecule has 0 atom stereocenters. The van der Waals surface area contributed by atoms with Crippen LogP contribution in [0.2, 0.25) is 5.15 Å². The first-order chi connectivity index (χ1) is 8.16. The molecule has 0 aliphatic carbocycles. The number of anilines is 1. The van der Waals surface area contributed by atoms with E-state index in [1.165, 1.54) is 0 Å². The van der Waals surface area contributed by atoms with Gasteiger partial charge >= 0.3 is 5.97 Å². The summed E-state index contributed by atoms with van der Waals surface area (Å²) < 4.78 is 0. The van der Waals surface area contributed by atoms with Crippen molar-refractivity contribution in [3.8, 4) is 0 Å². The summed E-state index contributed by atoms with van der Waals surface area (Å²) in [6.07, 6.45) is 0. The molecule has 1 aromatic carbocycles. The first-order valence-electron chi connectivity index (χ1n) is 4.84. The van der Waals surface area contributed by atoms with Gasteiger partial charge in [0.1, 0.15) is 0 Å². The smallest absolute Gasteiger partial charge is 0.349 e. The monoisotopic (exact) mass is 268 g/mol. The first-order valence-corrected chi connectivity index (χ1v) is 6.03. The van der Waals surface area contributed by atoms with Crippen molar-refractivity contribution in [2.24, 2.45) is 0 Å². The van der Waals surface area contributed by atoms with Gasteiger partial charge in [-0.2, -0.15) is 0 Å². The fourth-order valence-corrected chi connectivity index (χ4v) is 2.31. The molecule has 0 aliphatic heterocycles. The number of aromatic carboxylic acids is 1. The minimum Gasteiger partial charge on any atom is -0.477 e. The van der Waals surface area contributed by atoms with Crippen molar-refractivity contribution in [2.75, 3.05) is 5.32 Å².